The Labute approximate surface area is 36.2 Å². The predicted octanol–water partition coefficient (Wildman–Crippen LogP) is -0.158. The van der Waals surface area contributed by atoms with E-state index in [9.17, 15) is 9.59 Å². The molecule has 0 aromatic rings. The van der Waals surface area contributed by atoms with E-state index in [1.165, 1.54) is 19.5 Å². The predicted molar refractivity (Wildman–Crippen MR) is 20.6 cm³/mol. The molecule has 0 aliphatic heterocycles. The van der Waals surface area contributed by atoms with Crippen molar-refractivity contribution in [3.05, 3.63) is 0 Å². The average Bonchev–Trinajstić information content (AvgIpc) is 1.65. The van der Waals surface area contributed by atoms with Crippen molar-refractivity contribution < 1.29 is 9.59 Å². The van der Waals surface area contributed by atoms with Crippen molar-refractivity contribution in [2.24, 2.45) is 5.92 Å². The van der Waals surface area contributed by atoms with Crippen LogP contribution in [0.3, 0.4) is 0 Å². The summed E-state index contributed by atoms with van der Waals surface area (Å²) in [6, 6.07) is 0. The molecule has 0 unspecified atom stereocenters. The zero-order valence-electron chi connectivity index (χ0n) is 3.39. The molecule has 0 rings (SSSR count). The molecule has 0 N–H and O–H groups in total. The highest BCUT2D eigenvalue weighted by Gasteiger charge is 1.93. The lowest BCUT2D eigenvalue weighted by atomic mass is 10.3. The van der Waals surface area contributed by atoms with Gasteiger partial charge in [0.15, 0.2) is 0 Å². The summed E-state index contributed by atoms with van der Waals surface area (Å²) in [5, 5.41) is 0. The Kier molecular flexibility index (Phi) is 2.29. The zero-order chi connectivity index (χ0) is 4.99. The molecule has 2 nitrogen and oxygen atoms in total. The van der Waals surface area contributed by atoms with Gasteiger partial charge in [-0.2, -0.15) is 0 Å². The molecule has 2 radical (unpaired) electrons. The minimum absolute atomic E-state index is 0.676. The van der Waals surface area contributed by atoms with Gasteiger partial charge < -0.3 is 0 Å². The minimum atomic E-state index is -0.676. The fraction of sp³-hybridized carbons (Fsp3) is 0.500. The van der Waals surface area contributed by atoms with E-state index < -0.39 is 5.92 Å². The van der Waals surface area contributed by atoms with Crippen LogP contribution in [-0.4, -0.2) is 12.6 Å². The van der Waals surface area contributed by atoms with Gasteiger partial charge in [-0.1, -0.05) is 0 Å². The Morgan fingerprint density at radius 3 is 1.67 bits per heavy atom. The maximum Gasteiger partial charge on any atom is 0.209 e. The minimum Gasteiger partial charge on any atom is -0.290 e. The molecule has 0 aromatic heterocycles. The van der Waals surface area contributed by atoms with Crippen LogP contribution >= 0.6 is 0 Å². The summed E-state index contributed by atoms with van der Waals surface area (Å²) >= 11 is 0. The third kappa shape index (κ3) is 1.64. The second kappa shape index (κ2) is 2.57. The number of hydrogen-bond donors (Lipinski definition) is 0. The number of hydrogen-bond acceptors (Lipinski definition) is 2. The molecule has 32 valence electrons. The van der Waals surface area contributed by atoms with Gasteiger partial charge in [0, 0.05) is 0 Å². The van der Waals surface area contributed by atoms with Gasteiger partial charge in [0.25, 0.3) is 0 Å². The maximum absolute atomic E-state index is 9.35. The van der Waals surface area contributed by atoms with Crippen LogP contribution in [0.25, 0.3) is 0 Å². The van der Waals surface area contributed by atoms with Crippen LogP contribution in [0.5, 0.6) is 0 Å². The van der Waals surface area contributed by atoms with Gasteiger partial charge in [-0.15, -0.1) is 0 Å². The van der Waals surface area contributed by atoms with E-state index >= 15 is 0 Å². The second-order valence-corrected chi connectivity index (χ2v) is 0.957. The molecule has 6 heavy (non-hydrogen) atoms. The van der Waals surface area contributed by atoms with Crippen LogP contribution in [-0.2, 0) is 9.59 Å². The highest BCUT2D eigenvalue weighted by molar-refractivity contribution is 5.77. The molecule has 0 fully saturated rings. The summed E-state index contributed by atoms with van der Waals surface area (Å²) in [4.78, 5) is 18.7. The first kappa shape index (κ1) is 5.34. The normalized spacial score (nSPS) is 8.33. The molecule has 0 amide bonds. The van der Waals surface area contributed by atoms with Crippen molar-refractivity contribution in [1.29, 1.82) is 0 Å². The van der Waals surface area contributed by atoms with Crippen molar-refractivity contribution in [2.75, 3.05) is 0 Å². The second-order valence-electron chi connectivity index (χ2n) is 0.957. The Balaban J connectivity index is 3.21. The average molecular weight is 84.1 g/mol. The summed E-state index contributed by atoms with van der Waals surface area (Å²) in [5.41, 5.74) is 0. The molecule has 0 heterocycles. The molecule has 0 atom stereocenters. The van der Waals surface area contributed by atoms with Crippen LogP contribution in [0.4, 0.5) is 0 Å². The first-order valence-electron chi connectivity index (χ1n) is 1.56. The van der Waals surface area contributed by atoms with Gasteiger partial charge in [-0.05, 0) is 6.92 Å². The number of carbonyl (C=O) groups excluding carboxylic acids is 2. The zero-order valence-corrected chi connectivity index (χ0v) is 3.39. The molecule has 0 bridgehead atoms. The maximum atomic E-state index is 9.35. The summed E-state index contributed by atoms with van der Waals surface area (Å²) in [5.74, 6) is -0.676. The fourth-order valence-corrected chi connectivity index (χ4v) is 0.0241. The summed E-state index contributed by atoms with van der Waals surface area (Å²) in [7, 11) is 0. The fourth-order valence-electron chi connectivity index (χ4n) is 0.0241. The first-order valence-corrected chi connectivity index (χ1v) is 1.56. The highest BCUT2D eigenvalue weighted by Crippen LogP contribution is 1.76. The Morgan fingerprint density at radius 2 is 1.67 bits per heavy atom. The SMILES string of the molecule is CC([C]=O)[C]=O. The summed E-state index contributed by atoms with van der Waals surface area (Å²) < 4.78 is 0. The molecular weight excluding hydrogens is 80.0 g/mol. The van der Waals surface area contributed by atoms with Crippen molar-refractivity contribution >= 4 is 12.6 Å². The lowest BCUT2D eigenvalue weighted by Gasteiger charge is -1.74. The van der Waals surface area contributed by atoms with Gasteiger partial charge in [0.05, 0.1) is 5.92 Å². The largest absolute Gasteiger partial charge is 0.290 e. The van der Waals surface area contributed by atoms with E-state index in [2.05, 4.69) is 0 Å². The van der Waals surface area contributed by atoms with Gasteiger partial charge in [-0.3, -0.25) is 9.59 Å². The Morgan fingerprint density at radius 1 is 1.33 bits per heavy atom. The Hall–Kier alpha value is -0.660. The molecule has 0 saturated heterocycles. The van der Waals surface area contributed by atoms with Crippen molar-refractivity contribution in [2.45, 2.75) is 6.92 Å². The van der Waals surface area contributed by atoms with Crippen molar-refractivity contribution in [3.8, 4) is 0 Å². The van der Waals surface area contributed by atoms with E-state index in [-0.39, 0.29) is 0 Å². The van der Waals surface area contributed by atoms with E-state index in [1.54, 1.807) is 0 Å². The van der Waals surface area contributed by atoms with Gasteiger partial charge >= 0.3 is 0 Å². The van der Waals surface area contributed by atoms with E-state index in [4.69, 9.17) is 0 Å². The van der Waals surface area contributed by atoms with E-state index in [0.717, 1.165) is 0 Å². The molecular formula is C4H4O2. The van der Waals surface area contributed by atoms with Gasteiger partial charge in [0.1, 0.15) is 0 Å². The van der Waals surface area contributed by atoms with Crippen LogP contribution < -0.4 is 0 Å². The van der Waals surface area contributed by atoms with E-state index in [1.807, 2.05) is 0 Å². The molecule has 2 heteroatoms. The van der Waals surface area contributed by atoms with Crippen LogP contribution in [0.2, 0.25) is 0 Å². The van der Waals surface area contributed by atoms with Crippen LogP contribution in [0.15, 0.2) is 0 Å². The number of rotatable bonds is 2. The van der Waals surface area contributed by atoms with Gasteiger partial charge in [-0.25, -0.2) is 0 Å². The van der Waals surface area contributed by atoms with Crippen LogP contribution in [0.1, 0.15) is 6.92 Å². The Bertz CT molecular complexity index is 50.6. The molecule has 0 aliphatic rings. The molecule has 0 aliphatic carbocycles. The lowest BCUT2D eigenvalue weighted by molar-refractivity contribution is 0.524. The quantitative estimate of drug-likeness (QED) is 0.436. The molecule has 0 aromatic carbocycles. The lowest BCUT2D eigenvalue weighted by Crippen LogP contribution is -1.93. The molecule has 0 saturated carbocycles. The first-order chi connectivity index (χ1) is 2.81. The van der Waals surface area contributed by atoms with E-state index in [0.29, 0.717) is 0 Å². The molecule has 0 spiro atoms. The van der Waals surface area contributed by atoms with Gasteiger partial charge in [0.2, 0.25) is 12.6 Å². The topological polar surface area (TPSA) is 34.1 Å². The third-order valence-electron chi connectivity index (χ3n) is 0.354. The smallest absolute Gasteiger partial charge is 0.209 e. The third-order valence-corrected chi connectivity index (χ3v) is 0.354. The monoisotopic (exact) mass is 84.0 g/mol. The highest BCUT2D eigenvalue weighted by atomic mass is 16.1. The standard InChI is InChI=1S/C4H4O2/c1-4(2-5)3-6/h4H,1H3. The van der Waals surface area contributed by atoms with Crippen molar-refractivity contribution in [1.82, 2.24) is 0 Å². The van der Waals surface area contributed by atoms with Crippen LogP contribution in [0, 0.1) is 5.92 Å². The van der Waals surface area contributed by atoms with Crippen molar-refractivity contribution in [3.63, 3.8) is 0 Å². The summed E-state index contributed by atoms with van der Waals surface area (Å²) in [6.07, 6.45) is 2.88. The summed E-state index contributed by atoms with van der Waals surface area (Å²) in [6.45, 7) is 1.43.